The van der Waals surface area contributed by atoms with Gasteiger partial charge in [-0.05, 0) is 30.5 Å². The number of anilines is 1. The zero-order valence-corrected chi connectivity index (χ0v) is 12.8. The quantitative estimate of drug-likeness (QED) is 0.904. The first kappa shape index (κ1) is 15.5. The number of carbonyl (C=O) groups is 2. The molecular formula is C14H18N2O4S. The molecule has 1 heterocycles. The van der Waals surface area contributed by atoms with E-state index in [0.717, 1.165) is 18.2 Å². The Bertz CT molecular complexity index is 652. The number of benzene rings is 1. The fraction of sp³-hybridized carbons (Fsp3) is 0.429. The topological polar surface area (TPSA) is 83.6 Å². The molecule has 0 aromatic heterocycles. The number of hydrogen-bond donors (Lipinski definition) is 1. The Morgan fingerprint density at radius 2 is 1.95 bits per heavy atom. The first-order chi connectivity index (χ1) is 9.82. The molecular weight excluding hydrogens is 292 g/mol. The number of sulfonamides is 1. The average molecular weight is 310 g/mol. The number of nitrogens with zero attached hydrogens (tertiary/aromatic N) is 1. The fourth-order valence-corrected chi connectivity index (χ4v) is 3.49. The molecule has 2 amide bonds. The lowest BCUT2D eigenvalue weighted by Gasteiger charge is -2.21. The molecule has 0 aliphatic carbocycles. The van der Waals surface area contributed by atoms with E-state index in [1.807, 2.05) is 19.1 Å². The maximum atomic E-state index is 12.2. The molecule has 1 aromatic carbocycles. The predicted octanol–water partition coefficient (Wildman–Crippen LogP) is 1.14. The molecule has 114 valence electrons. The van der Waals surface area contributed by atoms with Gasteiger partial charge in [-0.1, -0.05) is 19.1 Å². The minimum absolute atomic E-state index is 0.0694. The first-order valence-corrected chi connectivity index (χ1v) is 8.60. The largest absolute Gasteiger partial charge is 0.324 e. The normalized spacial score (nSPS) is 18.9. The van der Waals surface area contributed by atoms with Crippen LogP contribution in [0.1, 0.15) is 25.3 Å². The second-order valence-corrected chi connectivity index (χ2v) is 6.91. The molecule has 1 fully saturated rings. The van der Waals surface area contributed by atoms with Gasteiger partial charge in [0.15, 0.2) is 0 Å². The van der Waals surface area contributed by atoms with E-state index in [4.69, 9.17) is 0 Å². The summed E-state index contributed by atoms with van der Waals surface area (Å²) in [6.45, 7) is 2.03. The molecule has 7 heteroatoms. The Hall–Kier alpha value is -1.89. The second-order valence-electron chi connectivity index (χ2n) is 5.05. The Morgan fingerprint density at radius 3 is 2.48 bits per heavy atom. The lowest BCUT2D eigenvalue weighted by atomic mass is 10.1. The number of aryl methyl sites for hydroxylation is 1. The van der Waals surface area contributed by atoms with Crippen molar-refractivity contribution in [1.82, 2.24) is 4.31 Å². The summed E-state index contributed by atoms with van der Waals surface area (Å²) in [5.74, 6) is -1.01. The van der Waals surface area contributed by atoms with Crippen molar-refractivity contribution in [2.45, 2.75) is 32.2 Å². The third-order valence-corrected chi connectivity index (χ3v) is 4.62. The summed E-state index contributed by atoms with van der Waals surface area (Å²) < 4.78 is 23.9. The zero-order valence-electron chi connectivity index (χ0n) is 12.0. The van der Waals surface area contributed by atoms with E-state index in [-0.39, 0.29) is 12.8 Å². The van der Waals surface area contributed by atoms with Gasteiger partial charge >= 0.3 is 0 Å². The third-order valence-electron chi connectivity index (χ3n) is 3.45. The number of amides is 2. The molecule has 2 rings (SSSR count). The molecule has 1 aliphatic rings. The van der Waals surface area contributed by atoms with Crippen molar-refractivity contribution in [3.8, 4) is 0 Å². The molecule has 1 aromatic rings. The van der Waals surface area contributed by atoms with E-state index < -0.39 is 27.9 Å². The molecule has 1 saturated heterocycles. The SMILES string of the molecule is CCc1ccc(NC(=O)C2CCC(=O)N2S(C)(=O)=O)cc1. The van der Waals surface area contributed by atoms with E-state index in [1.54, 1.807) is 12.1 Å². The van der Waals surface area contributed by atoms with Crippen molar-refractivity contribution in [3.63, 3.8) is 0 Å². The summed E-state index contributed by atoms with van der Waals surface area (Å²) in [7, 11) is -3.73. The van der Waals surface area contributed by atoms with Crippen LogP contribution in [0, 0.1) is 0 Å². The van der Waals surface area contributed by atoms with Gasteiger partial charge in [-0.15, -0.1) is 0 Å². The van der Waals surface area contributed by atoms with Gasteiger partial charge in [0, 0.05) is 12.1 Å². The molecule has 1 atom stereocenters. The summed E-state index contributed by atoms with van der Waals surface area (Å²) in [6, 6.07) is 6.35. The lowest BCUT2D eigenvalue weighted by Crippen LogP contribution is -2.44. The Balaban J connectivity index is 2.14. The van der Waals surface area contributed by atoms with Crippen LogP contribution < -0.4 is 5.32 Å². The van der Waals surface area contributed by atoms with Crippen molar-refractivity contribution >= 4 is 27.5 Å². The van der Waals surface area contributed by atoms with Crippen LogP contribution in [0.15, 0.2) is 24.3 Å². The van der Waals surface area contributed by atoms with Crippen molar-refractivity contribution < 1.29 is 18.0 Å². The molecule has 6 nitrogen and oxygen atoms in total. The second kappa shape index (κ2) is 5.85. The molecule has 1 N–H and O–H groups in total. The van der Waals surface area contributed by atoms with E-state index in [2.05, 4.69) is 5.32 Å². The van der Waals surface area contributed by atoms with Gasteiger partial charge in [0.25, 0.3) is 0 Å². The van der Waals surface area contributed by atoms with Gasteiger partial charge in [0.2, 0.25) is 21.8 Å². The third kappa shape index (κ3) is 3.41. The summed E-state index contributed by atoms with van der Waals surface area (Å²) in [4.78, 5) is 23.8. The number of hydrogen-bond acceptors (Lipinski definition) is 4. The molecule has 21 heavy (non-hydrogen) atoms. The van der Waals surface area contributed by atoms with Crippen molar-refractivity contribution in [1.29, 1.82) is 0 Å². The number of carbonyl (C=O) groups excluding carboxylic acids is 2. The molecule has 1 unspecified atom stereocenters. The minimum atomic E-state index is -3.73. The molecule has 1 aliphatic heterocycles. The van der Waals surface area contributed by atoms with E-state index in [1.165, 1.54) is 0 Å². The first-order valence-electron chi connectivity index (χ1n) is 6.75. The van der Waals surface area contributed by atoms with Crippen LogP contribution in [0.2, 0.25) is 0 Å². The number of rotatable bonds is 4. The monoisotopic (exact) mass is 310 g/mol. The van der Waals surface area contributed by atoms with Crippen LogP contribution >= 0.6 is 0 Å². The van der Waals surface area contributed by atoms with Crippen LogP contribution in [0.3, 0.4) is 0 Å². The zero-order chi connectivity index (χ0) is 15.6. The molecule has 0 bridgehead atoms. The van der Waals surface area contributed by atoms with Gasteiger partial charge in [0.1, 0.15) is 6.04 Å². The maximum Gasteiger partial charge on any atom is 0.248 e. The van der Waals surface area contributed by atoms with Crippen LogP contribution in [0.5, 0.6) is 0 Å². The van der Waals surface area contributed by atoms with Gasteiger partial charge in [-0.3, -0.25) is 9.59 Å². The van der Waals surface area contributed by atoms with E-state index in [0.29, 0.717) is 9.99 Å². The molecule has 0 radical (unpaired) electrons. The summed E-state index contributed by atoms with van der Waals surface area (Å²) in [6.07, 6.45) is 2.12. The highest BCUT2D eigenvalue weighted by molar-refractivity contribution is 7.89. The lowest BCUT2D eigenvalue weighted by molar-refractivity contribution is -0.128. The molecule has 0 spiro atoms. The molecule has 0 saturated carbocycles. The Labute approximate surface area is 124 Å². The number of nitrogens with one attached hydrogen (secondary N) is 1. The predicted molar refractivity (Wildman–Crippen MR) is 79.2 cm³/mol. The highest BCUT2D eigenvalue weighted by Crippen LogP contribution is 2.23. The minimum Gasteiger partial charge on any atom is -0.324 e. The van der Waals surface area contributed by atoms with E-state index >= 15 is 0 Å². The summed E-state index contributed by atoms with van der Waals surface area (Å²) in [5, 5.41) is 2.66. The Kier molecular flexibility index (Phi) is 4.32. The van der Waals surface area contributed by atoms with Gasteiger partial charge in [-0.2, -0.15) is 0 Å². The van der Waals surface area contributed by atoms with Crippen molar-refractivity contribution in [2.24, 2.45) is 0 Å². The van der Waals surface area contributed by atoms with Gasteiger partial charge in [0.05, 0.1) is 6.26 Å². The van der Waals surface area contributed by atoms with Crippen LogP contribution in [-0.2, 0) is 26.0 Å². The van der Waals surface area contributed by atoms with E-state index in [9.17, 15) is 18.0 Å². The highest BCUT2D eigenvalue weighted by atomic mass is 32.2. The summed E-state index contributed by atoms with van der Waals surface area (Å²) in [5.41, 5.74) is 1.73. The standard InChI is InChI=1S/C14H18N2O4S/c1-3-10-4-6-11(7-5-10)15-14(18)12-8-9-13(17)16(12)21(2,19)20/h4-7,12H,3,8-9H2,1-2H3,(H,15,18). The summed E-state index contributed by atoms with van der Waals surface area (Å²) >= 11 is 0. The van der Waals surface area contributed by atoms with Crippen LogP contribution in [0.4, 0.5) is 5.69 Å². The van der Waals surface area contributed by atoms with Crippen molar-refractivity contribution in [3.05, 3.63) is 29.8 Å². The highest BCUT2D eigenvalue weighted by Gasteiger charge is 2.41. The maximum absolute atomic E-state index is 12.2. The fourth-order valence-electron chi connectivity index (χ4n) is 2.36. The smallest absolute Gasteiger partial charge is 0.248 e. The average Bonchev–Trinajstić information content (AvgIpc) is 2.81. The van der Waals surface area contributed by atoms with Gasteiger partial charge < -0.3 is 5.32 Å². The Morgan fingerprint density at radius 1 is 1.33 bits per heavy atom. The van der Waals surface area contributed by atoms with Gasteiger partial charge in [-0.25, -0.2) is 12.7 Å². The van der Waals surface area contributed by atoms with Crippen LogP contribution in [-0.4, -0.2) is 36.8 Å². The van der Waals surface area contributed by atoms with Crippen molar-refractivity contribution in [2.75, 3.05) is 11.6 Å². The van der Waals surface area contributed by atoms with Crippen LogP contribution in [0.25, 0.3) is 0 Å².